The average molecular weight is 190 g/mol. The number of nitrogens with one attached hydrogen (secondary N) is 2. The maximum Gasteiger partial charge on any atom is 0.275 e. The van der Waals surface area contributed by atoms with Crippen LogP contribution in [-0.2, 0) is 0 Å². The van der Waals surface area contributed by atoms with E-state index in [-0.39, 0.29) is 28.1 Å². The lowest BCUT2D eigenvalue weighted by Gasteiger charge is -2.00. The van der Waals surface area contributed by atoms with Gasteiger partial charge in [0.15, 0.2) is 5.65 Å². The summed E-state index contributed by atoms with van der Waals surface area (Å²) in [4.78, 5) is 15.0. The third-order valence-corrected chi connectivity index (χ3v) is 1.90. The molecule has 2 rings (SSSR count). The fourth-order valence-electron chi connectivity index (χ4n) is 1.24. The monoisotopic (exact) mass is 190 g/mol. The number of rotatable bonds is 0. The van der Waals surface area contributed by atoms with Gasteiger partial charge in [0.1, 0.15) is 22.8 Å². The van der Waals surface area contributed by atoms with Crippen LogP contribution in [-0.4, -0.2) is 15.2 Å². The van der Waals surface area contributed by atoms with Crippen molar-refractivity contribution in [2.75, 3.05) is 11.5 Å². The Morgan fingerprint density at radius 1 is 1.36 bits per heavy atom. The van der Waals surface area contributed by atoms with Gasteiger partial charge in [-0.25, -0.2) is 4.98 Å². The summed E-state index contributed by atoms with van der Waals surface area (Å²) < 4.78 is 0. The Bertz CT molecular complexity index is 601. The molecule has 0 unspecified atom stereocenters. The summed E-state index contributed by atoms with van der Waals surface area (Å²) in [7, 11) is 0. The summed E-state index contributed by atoms with van der Waals surface area (Å²) in [5, 5.41) is 13.7. The highest BCUT2D eigenvalue weighted by atomic mass is 16.1. The van der Waals surface area contributed by atoms with Gasteiger partial charge in [0, 0.05) is 0 Å². The molecule has 2 aromatic heterocycles. The van der Waals surface area contributed by atoms with Gasteiger partial charge in [0.2, 0.25) is 0 Å². The van der Waals surface area contributed by atoms with Gasteiger partial charge in [-0.15, -0.1) is 0 Å². The minimum absolute atomic E-state index is 0.00718. The third-order valence-electron chi connectivity index (χ3n) is 1.90. The van der Waals surface area contributed by atoms with E-state index in [0.29, 0.717) is 0 Å². The largest absolute Gasteiger partial charge is 0.397 e. The number of hydrogen-bond donors (Lipinski definition) is 4. The fourth-order valence-corrected chi connectivity index (χ4v) is 1.24. The predicted molar refractivity (Wildman–Crippen MR) is 50.3 cm³/mol. The number of aromatic amines is 2. The molecule has 0 radical (unpaired) electrons. The van der Waals surface area contributed by atoms with Crippen LogP contribution < -0.4 is 17.0 Å². The van der Waals surface area contributed by atoms with Crippen LogP contribution >= 0.6 is 0 Å². The summed E-state index contributed by atoms with van der Waals surface area (Å²) >= 11 is 0. The van der Waals surface area contributed by atoms with Gasteiger partial charge in [-0.3, -0.25) is 15.0 Å². The smallest absolute Gasteiger partial charge is 0.275 e. The van der Waals surface area contributed by atoms with Crippen LogP contribution in [0.15, 0.2) is 4.79 Å². The summed E-state index contributed by atoms with van der Waals surface area (Å²) in [5.41, 5.74) is 11.0. The van der Waals surface area contributed by atoms with E-state index < -0.39 is 5.56 Å². The zero-order chi connectivity index (χ0) is 10.3. The van der Waals surface area contributed by atoms with Gasteiger partial charge in [-0.1, -0.05) is 0 Å². The molecule has 14 heavy (non-hydrogen) atoms. The van der Waals surface area contributed by atoms with Crippen molar-refractivity contribution in [3.63, 3.8) is 0 Å². The number of pyridine rings is 1. The molecule has 0 aromatic carbocycles. The molecule has 2 heterocycles. The maximum atomic E-state index is 11.2. The Kier molecular flexibility index (Phi) is 1.45. The highest BCUT2D eigenvalue weighted by molar-refractivity contribution is 5.92. The first kappa shape index (κ1) is 8.12. The van der Waals surface area contributed by atoms with Crippen LogP contribution in [0, 0.1) is 11.3 Å². The number of nitrogen functional groups attached to an aromatic ring is 2. The minimum Gasteiger partial charge on any atom is -0.397 e. The van der Waals surface area contributed by atoms with Crippen LogP contribution in [0.2, 0.25) is 0 Å². The Labute approximate surface area is 77.3 Å². The van der Waals surface area contributed by atoms with E-state index >= 15 is 0 Å². The first-order valence-electron chi connectivity index (χ1n) is 3.70. The Morgan fingerprint density at radius 2 is 2.07 bits per heavy atom. The van der Waals surface area contributed by atoms with Gasteiger partial charge in [-0.05, 0) is 0 Å². The van der Waals surface area contributed by atoms with Crippen molar-refractivity contribution in [1.29, 1.82) is 5.26 Å². The number of nitrogens with zero attached hydrogens (tertiary/aromatic N) is 2. The first-order chi connectivity index (χ1) is 6.65. The number of fused-ring (bicyclic) bond motifs is 1. The van der Waals surface area contributed by atoms with Crippen molar-refractivity contribution in [3.05, 3.63) is 15.9 Å². The lowest BCUT2D eigenvalue weighted by molar-refractivity contribution is 1.07. The van der Waals surface area contributed by atoms with Crippen LogP contribution in [0.4, 0.5) is 11.5 Å². The molecule has 2 aromatic rings. The zero-order valence-corrected chi connectivity index (χ0v) is 6.96. The second kappa shape index (κ2) is 2.50. The normalized spacial score (nSPS) is 10.2. The molecule has 0 bridgehead atoms. The second-order valence-corrected chi connectivity index (χ2v) is 2.70. The van der Waals surface area contributed by atoms with Crippen molar-refractivity contribution in [1.82, 2.24) is 15.2 Å². The highest BCUT2D eigenvalue weighted by Gasteiger charge is 2.13. The van der Waals surface area contributed by atoms with Gasteiger partial charge in [0.05, 0.1) is 5.69 Å². The molecule has 0 amide bonds. The van der Waals surface area contributed by atoms with Gasteiger partial charge in [-0.2, -0.15) is 5.26 Å². The van der Waals surface area contributed by atoms with Gasteiger partial charge >= 0.3 is 0 Å². The molecular weight excluding hydrogens is 184 g/mol. The number of nitriles is 1. The molecule has 0 fully saturated rings. The number of aromatic nitrogens is 3. The van der Waals surface area contributed by atoms with E-state index in [4.69, 9.17) is 16.7 Å². The van der Waals surface area contributed by atoms with Crippen LogP contribution in [0.25, 0.3) is 11.0 Å². The molecule has 7 nitrogen and oxygen atoms in total. The lowest BCUT2D eigenvalue weighted by atomic mass is 10.2. The molecule has 0 aliphatic rings. The molecule has 0 spiro atoms. The third kappa shape index (κ3) is 0.847. The van der Waals surface area contributed by atoms with E-state index in [1.807, 2.05) is 0 Å². The topological polar surface area (TPSA) is 137 Å². The SMILES string of the molecule is N#Cc1c(N)nc2[nH][nH]c(=O)c2c1N. The standard InChI is InChI=1S/C7H6N6O/c8-1-2-4(9)3-6(11-5(2)10)12-13-7(3)14/h(H6,9,10,11,12,13,14). The van der Waals surface area contributed by atoms with Crippen molar-refractivity contribution >= 4 is 22.5 Å². The van der Waals surface area contributed by atoms with E-state index in [9.17, 15) is 4.79 Å². The van der Waals surface area contributed by atoms with Crippen molar-refractivity contribution in [2.45, 2.75) is 0 Å². The number of hydrogen-bond acceptors (Lipinski definition) is 5. The van der Waals surface area contributed by atoms with Crippen LogP contribution in [0.5, 0.6) is 0 Å². The highest BCUT2D eigenvalue weighted by Crippen LogP contribution is 2.22. The summed E-state index contributed by atoms with van der Waals surface area (Å²) in [6, 6.07) is 1.79. The lowest BCUT2D eigenvalue weighted by Crippen LogP contribution is -2.05. The second-order valence-electron chi connectivity index (χ2n) is 2.70. The number of nitrogens with two attached hydrogens (primary N) is 2. The molecule has 0 saturated carbocycles. The minimum atomic E-state index is -0.415. The molecule has 0 aliphatic carbocycles. The van der Waals surface area contributed by atoms with Gasteiger partial charge < -0.3 is 11.5 Å². The van der Waals surface area contributed by atoms with Crippen molar-refractivity contribution in [3.8, 4) is 6.07 Å². The Hall–Kier alpha value is -2.49. The van der Waals surface area contributed by atoms with Crippen molar-refractivity contribution in [2.24, 2.45) is 0 Å². The molecule has 70 valence electrons. The van der Waals surface area contributed by atoms with E-state index in [2.05, 4.69) is 15.2 Å². The number of H-pyrrole nitrogens is 2. The van der Waals surface area contributed by atoms with E-state index in [0.717, 1.165) is 0 Å². The quantitative estimate of drug-likeness (QED) is 0.434. The molecule has 0 atom stereocenters. The van der Waals surface area contributed by atoms with Crippen molar-refractivity contribution < 1.29 is 0 Å². The predicted octanol–water partition coefficient (Wildman–Crippen LogP) is -0.713. The van der Waals surface area contributed by atoms with Gasteiger partial charge in [0.25, 0.3) is 5.56 Å². The molecule has 7 heteroatoms. The van der Waals surface area contributed by atoms with E-state index in [1.165, 1.54) is 0 Å². The van der Waals surface area contributed by atoms with Crippen LogP contribution in [0.3, 0.4) is 0 Å². The average Bonchev–Trinajstić information content (AvgIpc) is 2.48. The summed E-state index contributed by atoms with van der Waals surface area (Å²) in [6.07, 6.45) is 0. The first-order valence-corrected chi connectivity index (χ1v) is 3.70. The molecular formula is C7H6N6O. The van der Waals surface area contributed by atoms with Crippen LogP contribution in [0.1, 0.15) is 5.56 Å². The summed E-state index contributed by atoms with van der Waals surface area (Å²) in [6.45, 7) is 0. The fraction of sp³-hybridized carbons (Fsp3) is 0. The maximum absolute atomic E-state index is 11.2. The van der Waals surface area contributed by atoms with E-state index in [1.54, 1.807) is 6.07 Å². The molecule has 6 N–H and O–H groups in total. The summed E-state index contributed by atoms with van der Waals surface area (Å²) in [5.74, 6) is 0.00718. The Balaban J connectivity index is 3.06. The Morgan fingerprint density at radius 3 is 2.71 bits per heavy atom. The number of anilines is 2. The zero-order valence-electron chi connectivity index (χ0n) is 6.96. The molecule has 0 saturated heterocycles. The molecule has 0 aliphatic heterocycles.